The minimum absolute atomic E-state index is 0.00402. The summed E-state index contributed by atoms with van der Waals surface area (Å²) in [6, 6.07) is 8.71. The van der Waals surface area contributed by atoms with Crippen LogP contribution in [0.1, 0.15) is 51.4 Å². The molecule has 9 atom stereocenters. The Morgan fingerprint density at radius 1 is 1.20 bits per heavy atom. The van der Waals surface area contributed by atoms with Gasteiger partial charge in [0.2, 0.25) is 0 Å². The summed E-state index contributed by atoms with van der Waals surface area (Å²) in [5.74, 6) is -2.85. The third-order valence-corrected chi connectivity index (χ3v) is 10.2. The number of carbonyl (C=O) groups is 3. The van der Waals surface area contributed by atoms with E-state index in [1.54, 1.807) is 63.3 Å². The summed E-state index contributed by atoms with van der Waals surface area (Å²) in [4.78, 5) is 40.3. The minimum Gasteiger partial charge on any atom is -0.461 e. The highest BCUT2D eigenvalue weighted by Crippen LogP contribution is 2.72. The third kappa shape index (κ3) is 3.80. The number of aliphatic hydroxyl groups is 3. The van der Waals surface area contributed by atoms with E-state index in [9.17, 15) is 29.7 Å². The van der Waals surface area contributed by atoms with Crippen LogP contribution >= 0.6 is 0 Å². The van der Waals surface area contributed by atoms with Crippen LogP contribution in [0.15, 0.2) is 65.3 Å². The Hall–Kier alpha value is -3.07. The van der Waals surface area contributed by atoms with Crippen LogP contribution in [0.25, 0.3) is 0 Å². The summed E-state index contributed by atoms with van der Waals surface area (Å²) in [6.45, 7) is 8.32. The van der Waals surface area contributed by atoms with Crippen LogP contribution in [0.5, 0.6) is 0 Å². The number of aliphatic hydroxyl groups excluding tert-OH is 2. The first-order valence-electron chi connectivity index (χ1n) is 13.9. The molecule has 0 aromatic heterocycles. The molecule has 8 heteroatoms. The maximum Gasteiger partial charge on any atom is 0.338 e. The van der Waals surface area contributed by atoms with Crippen molar-refractivity contribution in [3.05, 3.63) is 70.8 Å². The highest BCUT2D eigenvalue weighted by Gasteiger charge is 2.77. The second kappa shape index (κ2) is 9.79. The topological polar surface area (TPSA) is 130 Å². The molecule has 2 saturated carbocycles. The van der Waals surface area contributed by atoms with Gasteiger partial charge in [0.25, 0.3) is 0 Å². The van der Waals surface area contributed by atoms with Crippen LogP contribution in [-0.2, 0) is 19.1 Å². The summed E-state index contributed by atoms with van der Waals surface area (Å²) < 4.78 is 11.6. The Morgan fingerprint density at radius 2 is 1.88 bits per heavy atom. The van der Waals surface area contributed by atoms with Gasteiger partial charge in [-0.25, -0.2) is 9.59 Å². The number of benzene rings is 1. The summed E-state index contributed by atoms with van der Waals surface area (Å²) in [7, 11) is 0. The molecule has 1 aromatic rings. The highest BCUT2D eigenvalue weighted by molar-refractivity contribution is 5.96. The van der Waals surface area contributed by atoms with Gasteiger partial charge in [0.15, 0.2) is 17.5 Å². The van der Waals surface area contributed by atoms with Crippen molar-refractivity contribution in [2.45, 2.75) is 58.8 Å². The highest BCUT2D eigenvalue weighted by atomic mass is 16.6. The van der Waals surface area contributed by atoms with Crippen LogP contribution < -0.4 is 0 Å². The average molecular weight is 551 g/mol. The van der Waals surface area contributed by atoms with Crippen molar-refractivity contribution in [2.24, 2.45) is 34.5 Å². The van der Waals surface area contributed by atoms with Crippen LogP contribution in [0.4, 0.5) is 0 Å². The monoisotopic (exact) mass is 550 g/mol. The van der Waals surface area contributed by atoms with Gasteiger partial charge in [0.1, 0.15) is 6.10 Å². The van der Waals surface area contributed by atoms with E-state index in [0.29, 0.717) is 23.1 Å². The number of ether oxygens (including phenoxy) is 2. The fourth-order valence-electron chi connectivity index (χ4n) is 7.80. The maximum atomic E-state index is 14.6. The van der Waals surface area contributed by atoms with E-state index in [2.05, 4.69) is 0 Å². The van der Waals surface area contributed by atoms with Crippen LogP contribution in [0.2, 0.25) is 0 Å². The molecule has 40 heavy (non-hydrogen) atoms. The minimum atomic E-state index is -2.20. The Morgan fingerprint density at radius 3 is 2.50 bits per heavy atom. The molecule has 2 fully saturated rings. The lowest BCUT2D eigenvalue weighted by atomic mass is 9.59. The molecule has 0 aliphatic heterocycles. The lowest BCUT2D eigenvalue weighted by molar-refractivity contribution is -0.202. The van der Waals surface area contributed by atoms with Crippen molar-refractivity contribution in [3.63, 3.8) is 0 Å². The normalized spacial score (nSPS) is 40.1. The number of allylic oxidation sites excluding steroid dienone is 2. The molecule has 0 amide bonds. The number of rotatable bonds is 6. The molecule has 3 N–H and O–H groups in total. The van der Waals surface area contributed by atoms with Crippen molar-refractivity contribution in [1.82, 2.24) is 0 Å². The molecule has 214 valence electrons. The van der Waals surface area contributed by atoms with Crippen LogP contribution in [0.3, 0.4) is 0 Å². The Bertz CT molecular complexity index is 1330. The molecular weight excluding hydrogens is 512 g/mol. The van der Waals surface area contributed by atoms with E-state index in [1.807, 2.05) is 19.9 Å². The fraction of sp³-hybridized carbons (Fsp3) is 0.531. The van der Waals surface area contributed by atoms with Crippen LogP contribution in [-0.4, -0.2) is 64.1 Å². The van der Waals surface area contributed by atoms with E-state index < -0.39 is 59.0 Å². The van der Waals surface area contributed by atoms with Gasteiger partial charge in [-0.15, -0.1) is 0 Å². The lowest BCUT2D eigenvalue weighted by Crippen LogP contribution is -2.66. The standard InChI is InChI=1S/C32H38O8/c1-6-17(2)28(36)40-27-21(15-33)13-22-24-23(30(24,5)16-39-29(37)20-10-8-7-9-11-20)12-19(4)31(26(22)35)14-18(3)25(34)32(27,31)38/h6-11,13-14,19,22-25,27,33-34,38H,12,15-16H2,1-5H3. The van der Waals surface area contributed by atoms with Crippen molar-refractivity contribution in [1.29, 1.82) is 0 Å². The predicted octanol–water partition coefficient (Wildman–Crippen LogP) is 3.17. The number of carbonyl (C=O) groups excluding carboxylic acids is 3. The van der Waals surface area contributed by atoms with Crippen molar-refractivity contribution >= 4 is 17.7 Å². The quantitative estimate of drug-likeness (QED) is 0.280. The van der Waals surface area contributed by atoms with Gasteiger partial charge in [0.05, 0.1) is 24.2 Å². The zero-order chi connectivity index (χ0) is 29.2. The first kappa shape index (κ1) is 28.5. The molecular formula is C32H38O8. The average Bonchev–Trinajstić information content (AvgIpc) is 3.50. The van der Waals surface area contributed by atoms with Gasteiger partial charge in [-0.3, -0.25) is 4.79 Å². The summed E-state index contributed by atoms with van der Waals surface area (Å²) in [5.41, 5.74) is -2.93. The first-order valence-corrected chi connectivity index (χ1v) is 13.9. The van der Waals surface area contributed by atoms with Gasteiger partial charge in [0, 0.05) is 16.9 Å². The second-order valence-corrected chi connectivity index (χ2v) is 12.2. The van der Waals surface area contributed by atoms with E-state index in [0.717, 1.165) is 0 Å². The molecule has 4 aliphatic rings. The number of Topliss-reactive ketones (excluding diaryl/α,β-unsaturated/α-hetero) is 1. The van der Waals surface area contributed by atoms with E-state index in [4.69, 9.17) is 9.47 Å². The molecule has 0 saturated heterocycles. The SMILES string of the molecule is CC=C(C)C(=O)OC1C(CO)=CC2C(=O)C3(C=C(C)C(O)C13O)C(C)CC1C2C1(C)COC(=O)c1ccccc1. The van der Waals surface area contributed by atoms with Gasteiger partial charge in [-0.2, -0.15) is 0 Å². The largest absolute Gasteiger partial charge is 0.461 e. The fourth-order valence-corrected chi connectivity index (χ4v) is 7.80. The zero-order valence-corrected chi connectivity index (χ0v) is 23.6. The Labute approximate surface area is 234 Å². The van der Waals surface area contributed by atoms with Crippen molar-refractivity contribution in [3.8, 4) is 0 Å². The number of fused-ring (bicyclic) bond motifs is 3. The molecule has 1 spiro atoms. The summed E-state index contributed by atoms with van der Waals surface area (Å²) >= 11 is 0. The van der Waals surface area contributed by atoms with Gasteiger partial charge in [-0.1, -0.05) is 50.3 Å². The first-order chi connectivity index (χ1) is 18.9. The summed E-state index contributed by atoms with van der Waals surface area (Å²) in [5, 5.41) is 34.3. The van der Waals surface area contributed by atoms with Crippen LogP contribution in [0, 0.1) is 34.5 Å². The molecule has 0 radical (unpaired) electrons. The predicted molar refractivity (Wildman–Crippen MR) is 146 cm³/mol. The molecule has 9 unspecified atom stereocenters. The van der Waals surface area contributed by atoms with Gasteiger partial charge in [-0.05, 0) is 68.2 Å². The molecule has 5 rings (SSSR count). The Kier molecular flexibility index (Phi) is 6.96. The van der Waals surface area contributed by atoms with Gasteiger partial charge >= 0.3 is 11.9 Å². The van der Waals surface area contributed by atoms with Crippen molar-refractivity contribution in [2.75, 3.05) is 13.2 Å². The van der Waals surface area contributed by atoms with Crippen molar-refractivity contribution < 1.29 is 39.2 Å². The number of ketones is 1. The summed E-state index contributed by atoms with van der Waals surface area (Å²) in [6.07, 6.45) is 2.46. The maximum absolute atomic E-state index is 14.6. The third-order valence-electron chi connectivity index (χ3n) is 10.2. The lowest BCUT2D eigenvalue weighted by Gasteiger charge is -2.49. The molecule has 1 aromatic carbocycles. The molecule has 8 nitrogen and oxygen atoms in total. The zero-order valence-electron chi connectivity index (χ0n) is 23.6. The van der Waals surface area contributed by atoms with E-state index in [-0.39, 0.29) is 29.8 Å². The molecule has 0 heterocycles. The number of esters is 2. The smallest absolute Gasteiger partial charge is 0.338 e. The van der Waals surface area contributed by atoms with Gasteiger partial charge < -0.3 is 24.8 Å². The second-order valence-electron chi connectivity index (χ2n) is 12.2. The molecule has 2 bridgehead atoms. The van der Waals surface area contributed by atoms with E-state index >= 15 is 0 Å². The number of hydrogen-bond acceptors (Lipinski definition) is 8. The van der Waals surface area contributed by atoms with E-state index in [1.165, 1.54) is 0 Å². The Balaban J connectivity index is 1.57. The number of hydrogen-bond donors (Lipinski definition) is 3. The molecule has 4 aliphatic carbocycles.